The maximum Gasteiger partial charge on any atom is 0.150 e. The second-order valence-electron chi connectivity index (χ2n) is 16.5. The van der Waals surface area contributed by atoms with Crippen molar-refractivity contribution < 1.29 is 9.21 Å². The number of rotatable bonds is 9. The van der Waals surface area contributed by atoms with E-state index in [0.717, 1.165) is 95.5 Å². The van der Waals surface area contributed by atoms with E-state index >= 15 is 0 Å². The summed E-state index contributed by atoms with van der Waals surface area (Å²) in [4.78, 5) is 13.5. The van der Waals surface area contributed by atoms with Gasteiger partial charge < -0.3 is 13.9 Å². The molecule has 12 rings (SSSR count). The summed E-state index contributed by atoms with van der Waals surface area (Å²) in [7, 11) is 0. The summed E-state index contributed by atoms with van der Waals surface area (Å²) in [5.74, 6) is 0. The molecule has 12 aromatic rings. The van der Waals surface area contributed by atoms with Crippen LogP contribution < -0.4 is 4.90 Å². The lowest BCUT2D eigenvalue weighted by atomic mass is 9.99. The van der Waals surface area contributed by atoms with Gasteiger partial charge in [0.15, 0.2) is 0 Å². The third-order valence-electron chi connectivity index (χ3n) is 12.7. The lowest BCUT2D eigenvalue weighted by molar-refractivity contribution is 0.112. The van der Waals surface area contributed by atoms with Crippen molar-refractivity contribution in [2.24, 2.45) is 0 Å². The van der Waals surface area contributed by atoms with Crippen molar-refractivity contribution in [3.63, 3.8) is 0 Å². The number of aldehydes is 1. The average molecular weight is 833 g/mol. The molecule has 0 atom stereocenters. The zero-order chi connectivity index (χ0) is 43.3. The van der Waals surface area contributed by atoms with Gasteiger partial charge in [-0.15, -0.1) is 0 Å². The molecule has 0 aliphatic rings. The van der Waals surface area contributed by atoms with Crippen LogP contribution in [0.4, 0.5) is 17.1 Å². The number of hydrogen-bond acceptors (Lipinski definition) is 3. The van der Waals surface area contributed by atoms with Gasteiger partial charge in [-0.1, -0.05) is 170 Å². The number of fused-ring (bicyclic) bond motifs is 6. The fraction of sp³-hybridized carbons (Fsp3) is 0. The molecule has 0 N–H and O–H groups in total. The Labute approximate surface area is 376 Å². The molecule has 0 radical (unpaired) electrons. The minimum absolute atomic E-state index is 0.674. The number of anilines is 3. The van der Waals surface area contributed by atoms with Gasteiger partial charge in [0.1, 0.15) is 17.5 Å². The summed E-state index contributed by atoms with van der Waals surface area (Å²) in [6, 6.07) is 83.5. The summed E-state index contributed by atoms with van der Waals surface area (Å²) in [5, 5.41) is 4.76. The lowest BCUT2D eigenvalue weighted by Gasteiger charge is -2.26. The van der Waals surface area contributed by atoms with Crippen molar-refractivity contribution in [3.8, 4) is 50.2 Å². The number of aromatic nitrogens is 1. The Balaban J connectivity index is 0.880. The zero-order valence-corrected chi connectivity index (χ0v) is 35.3. The Hall–Kier alpha value is -8.73. The van der Waals surface area contributed by atoms with Crippen molar-refractivity contribution in [2.45, 2.75) is 0 Å². The highest BCUT2D eigenvalue weighted by atomic mass is 16.3. The van der Waals surface area contributed by atoms with E-state index in [-0.39, 0.29) is 0 Å². The van der Waals surface area contributed by atoms with E-state index in [9.17, 15) is 4.79 Å². The van der Waals surface area contributed by atoms with Crippen molar-refractivity contribution in [1.29, 1.82) is 0 Å². The van der Waals surface area contributed by atoms with Gasteiger partial charge in [-0.3, -0.25) is 4.79 Å². The van der Waals surface area contributed by atoms with Crippen LogP contribution >= 0.6 is 0 Å². The van der Waals surface area contributed by atoms with Crippen LogP contribution in [0.25, 0.3) is 93.9 Å². The summed E-state index contributed by atoms with van der Waals surface area (Å²) in [6.45, 7) is 0. The largest absolute Gasteiger partial charge is 0.455 e. The lowest BCUT2D eigenvalue weighted by Crippen LogP contribution is -2.09. The van der Waals surface area contributed by atoms with E-state index in [4.69, 9.17) is 4.42 Å². The predicted octanol–water partition coefficient (Wildman–Crippen LogP) is 16.6. The molecule has 2 heterocycles. The molecular weight excluding hydrogens is 793 g/mol. The minimum atomic E-state index is 0.674. The van der Waals surface area contributed by atoms with Gasteiger partial charge in [-0.2, -0.15) is 0 Å². The smallest absolute Gasteiger partial charge is 0.150 e. The number of hydrogen-bond donors (Lipinski definition) is 0. The van der Waals surface area contributed by atoms with Crippen LogP contribution in [0.15, 0.2) is 241 Å². The average Bonchev–Trinajstić information content (AvgIpc) is 3.94. The summed E-state index contributed by atoms with van der Waals surface area (Å²) < 4.78 is 8.78. The molecule has 0 unspecified atom stereocenters. The molecule has 0 saturated carbocycles. The summed E-state index contributed by atoms with van der Waals surface area (Å²) in [6.07, 6.45) is 0.875. The molecule has 4 nitrogen and oxygen atoms in total. The second kappa shape index (κ2) is 15.9. The first kappa shape index (κ1) is 38.0. The third kappa shape index (κ3) is 6.76. The van der Waals surface area contributed by atoms with E-state index in [1.807, 2.05) is 36.4 Å². The first-order valence-electron chi connectivity index (χ1n) is 21.9. The highest BCUT2D eigenvalue weighted by Crippen LogP contribution is 2.41. The Bertz CT molecular complexity index is 3620. The zero-order valence-electron chi connectivity index (χ0n) is 35.3. The molecular formula is C61H40N2O2. The summed E-state index contributed by atoms with van der Waals surface area (Å²) in [5.41, 5.74) is 18.1. The molecule has 306 valence electrons. The molecule has 0 aliphatic heterocycles. The van der Waals surface area contributed by atoms with Crippen LogP contribution in [-0.2, 0) is 0 Å². The molecule has 0 saturated heterocycles. The second-order valence-corrected chi connectivity index (χ2v) is 16.5. The highest BCUT2D eigenvalue weighted by Gasteiger charge is 2.17. The van der Waals surface area contributed by atoms with Crippen LogP contribution in [0.3, 0.4) is 0 Å². The number of para-hydroxylation sites is 4. The van der Waals surface area contributed by atoms with E-state index in [2.05, 4.69) is 210 Å². The number of furan rings is 1. The Morgan fingerprint density at radius 3 is 1.26 bits per heavy atom. The van der Waals surface area contributed by atoms with Crippen LogP contribution in [0.5, 0.6) is 0 Å². The van der Waals surface area contributed by atoms with Crippen LogP contribution in [0.1, 0.15) is 10.4 Å². The van der Waals surface area contributed by atoms with Crippen molar-refractivity contribution >= 4 is 67.1 Å². The van der Waals surface area contributed by atoms with E-state index in [1.54, 1.807) is 0 Å². The third-order valence-corrected chi connectivity index (χ3v) is 12.7. The normalized spacial score (nSPS) is 11.4. The maximum atomic E-state index is 11.2. The summed E-state index contributed by atoms with van der Waals surface area (Å²) >= 11 is 0. The van der Waals surface area contributed by atoms with E-state index in [0.29, 0.717) is 5.56 Å². The van der Waals surface area contributed by atoms with Gasteiger partial charge in [-0.25, -0.2) is 0 Å². The van der Waals surface area contributed by atoms with Crippen molar-refractivity contribution in [1.82, 2.24) is 4.57 Å². The van der Waals surface area contributed by atoms with Gasteiger partial charge in [0, 0.05) is 55.4 Å². The molecule has 0 spiro atoms. The van der Waals surface area contributed by atoms with Gasteiger partial charge in [0.05, 0.1) is 11.0 Å². The molecule has 0 amide bonds. The standard InChI is InChI=1S/C61H40N2O2/c64-40-41-16-18-42(19-17-41)43-20-22-44(23-21-43)45-24-32-49(33-25-45)62(51-38-30-48(31-39-51)53-11-7-12-57-56-10-3-6-15-60(56)65-61(53)57)50-34-26-46(27-35-50)47-28-36-52(37-29-47)63-58-13-4-1-8-54(58)55-9-2-5-14-59(55)63/h1-40H. The molecule has 0 bridgehead atoms. The Kier molecular flexibility index (Phi) is 9.28. The topological polar surface area (TPSA) is 38.4 Å². The number of benzene rings is 10. The van der Waals surface area contributed by atoms with Gasteiger partial charge in [0.25, 0.3) is 0 Å². The molecule has 0 fully saturated rings. The molecule has 65 heavy (non-hydrogen) atoms. The van der Waals surface area contributed by atoms with Crippen LogP contribution in [0.2, 0.25) is 0 Å². The highest BCUT2D eigenvalue weighted by molar-refractivity contribution is 6.10. The number of carbonyl (C=O) groups is 1. The fourth-order valence-electron chi connectivity index (χ4n) is 9.43. The number of carbonyl (C=O) groups excluding carboxylic acids is 1. The minimum Gasteiger partial charge on any atom is -0.455 e. The number of nitrogens with zero attached hydrogens (tertiary/aromatic N) is 2. The fourth-order valence-corrected chi connectivity index (χ4v) is 9.43. The van der Waals surface area contributed by atoms with Crippen LogP contribution in [-0.4, -0.2) is 10.9 Å². The van der Waals surface area contributed by atoms with Crippen LogP contribution in [0, 0.1) is 0 Å². The van der Waals surface area contributed by atoms with Gasteiger partial charge in [-0.05, 0) is 106 Å². The molecule has 2 aromatic heterocycles. The molecule has 0 aliphatic carbocycles. The van der Waals surface area contributed by atoms with E-state index in [1.165, 1.54) is 21.8 Å². The SMILES string of the molecule is O=Cc1ccc(-c2ccc(-c3ccc(N(c4ccc(-c5ccc(-n6c7ccccc7c7ccccc76)cc5)cc4)c4ccc(-c5cccc6c5oc5ccccc56)cc4)cc3)cc2)cc1. The molecule has 10 aromatic carbocycles. The van der Waals surface area contributed by atoms with Crippen molar-refractivity contribution in [3.05, 3.63) is 242 Å². The Morgan fingerprint density at radius 1 is 0.354 bits per heavy atom. The van der Waals surface area contributed by atoms with Crippen molar-refractivity contribution in [2.75, 3.05) is 4.90 Å². The first-order chi connectivity index (χ1) is 32.2. The monoisotopic (exact) mass is 832 g/mol. The van der Waals surface area contributed by atoms with Gasteiger partial charge >= 0.3 is 0 Å². The van der Waals surface area contributed by atoms with Gasteiger partial charge in [0.2, 0.25) is 0 Å². The quantitative estimate of drug-likeness (QED) is 0.136. The van der Waals surface area contributed by atoms with E-state index < -0.39 is 0 Å². The molecule has 4 heteroatoms. The Morgan fingerprint density at radius 2 is 0.754 bits per heavy atom. The predicted molar refractivity (Wildman–Crippen MR) is 270 cm³/mol. The maximum absolute atomic E-state index is 11.2. The first-order valence-corrected chi connectivity index (χ1v) is 21.9.